The Kier molecular flexibility index (Phi) is 2.47. The van der Waals surface area contributed by atoms with E-state index in [2.05, 4.69) is 18.4 Å². The second-order valence-corrected chi connectivity index (χ2v) is 4.93. The van der Waals surface area contributed by atoms with E-state index in [1.165, 1.54) is 15.0 Å². The fourth-order valence-corrected chi connectivity index (χ4v) is 3.73. The molecule has 0 amide bonds. The van der Waals surface area contributed by atoms with Gasteiger partial charge in [-0.15, -0.1) is 22.7 Å². The molecular formula is C10H10OS2. The van der Waals surface area contributed by atoms with Crippen LogP contribution in [-0.2, 0) is 6.42 Å². The van der Waals surface area contributed by atoms with Crippen molar-refractivity contribution < 1.29 is 4.79 Å². The molecule has 0 aliphatic carbocycles. The Morgan fingerprint density at radius 3 is 3.08 bits per heavy atom. The first-order valence-electron chi connectivity index (χ1n) is 4.31. The van der Waals surface area contributed by atoms with Gasteiger partial charge in [-0.05, 0) is 23.4 Å². The van der Waals surface area contributed by atoms with Crippen LogP contribution in [0.2, 0.25) is 0 Å². The van der Waals surface area contributed by atoms with E-state index in [0.29, 0.717) is 0 Å². The summed E-state index contributed by atoms with van der Waals surface area (Å²) < 4.78 is 2.57. The van der Waals surface area contributed by atoms with Gasteiger partial charge in [-0.2, -0.15) is 0 Å². The topological polar surface area (TPSA) is 17.1 Å². The SMILES string of the molecule is CCCc1c(C=O)sc2ccsc12. The molecule has 2 aromatic heterocycles. The predicted molar refractivity (Wildman–Crippen MR) is 59.1 cm³/mol. The standard InChI is InChI=1S/C10H10OS2/c1-2-3-7-9(6-11)13-8-4-5-12-10(7)8/h4-6H,2-3H2,1H3. The first kappa shape index (κ1) is 8.91. The van der Waals surface area contributed by atoms with Gasteiger partial charge in [0, 0.05) is 9.40 Å². The number of thiophene rings is 2. The van der Waals surface area contributed by atoms with E-state index in [0.717, 1.165) is 24.0 Å². The maximum Gasteiger partial charge on any atom is 0.160 e. The van der Waals surface area contributed by atoms with Gasteiger partial charge in [0.1, 0.15) is 0 Å². The first-order valence-corrected chi connectivity index (χ1v) is 6.00. The number of hydrogen-bond acceptors (Lipinski definition) is 3. The van der Waals surface area contributed by atoms with Crippen LogP contribution in [0.15, 0.2) is 11.4 Å². The number of aryl methyl sites for hydroxylation is 1. The zero-order valence-corrected chi connectivity index (χ0v) is 9.00. The monoisotopic (exact) mass is 210 g/mol. The summed E-state index contributed by atoms with van der Waals surface area (Å²) in [7, 11) is 0. The third-order valence-corrected chi connectivity index (χ3v) is 4.25. The van der Waals surface area contributed by atoms with E-state index < -0.39 is 0 Å². The molecule has 0 unspecified atom stereocenters. The van der Waals surface area contributed by atoms with E-state index >= 15 is 0 Å². The molecule has 0 spiro atoms. The lowest BCUT2D eigenvalue weighted by Crippen LogP contribution is -1.84. The lowest BCUT2D eigenvalue weighted by molar-refractivity contribution is 0.112. The van der Waals surface area contributed by atoms with E-state index in [-0.39, 0.29) is 0 Å². The Morgan fingerprint density at radius 2 is 2.38 bits per heavy atom. The molecule has 0 radical (unpaired) electrons. The molecule has 0 aromatic carbocycles. The quantitative estimate of drug-likeness (QED) is 0.705. The molecule has 2 aromatic rings. The molecule has 1 nitrogen and oxygen atoms in total. The molecule has 0 fully saturated rings. The van der Waals surface area contributed by atoms with Crippen LogP contribution in [-0.4, -0.2) is 6.29 Å². The predicted octanol–water partition coefficient (Wildman–Crippen LogP) is 3.73. The molecule has 2 rings (SSSR count). The Hall–Kier alpha value is -0.670. The van der Waals surface area contributed by atoms with Crippen LogP contribution in [0.1, 0.15) is 28.6 Å². The van der Waals surface area contributed by atoms with Crippen molar-refractivity contribution in [2.75, 3.05) is 0 Å². The minimum Gasteiger partial charge on any atom is -0.297 e. The van der Waals surface area contributed by atoms with Crippen molar-refractivity contribution in [2.45, 2.75) is 19.8 Å². The molecule has 13 heavy (non-hydrogen) atoms. The Bertz CT molecular complexity index is 425. The van der Waals surface area contributed by atoms with Crippen LogP contribution in [0.4, 0.5) is 0 Å². The van der Waals surface area contributed by atoms with Gasteiger partial charge in [0.15, 0.2) is 6.29 Å². The molecule has 3 heteroatoms. The van der Waals surface area contributed by atoms with Crippen molar-refractivity contribution in [3.05, 3.63) is 21.9 Å². The summed E-state index contributed by atoms with van der Waals surface area (Å²) in [6.07, 6.45) is 3.11. The van der Waals surface area contributed by atoms with Crippen molar-refractivity contribution >= 4 is 38.4 Å². The summed E-state index contributed by atoms with van der Waals surface area (Å²) in [5.74, 6) is 0. The number of carbonyl (C=O) groups excluding carboxylic acids is 1. The van der Waals surface area contributed by atoms with Gasteiger partial charge in [0.05, 0.1) is 4.88 Å². The second-order valence-electron chi connectivity index (χ2n) is 2.93. The van der Waals surface area contributed by atoms with E-state index in [9.17, 15) is 4.79 Å². The second kappa shape index (κ2) is 3.60. The molecular weight excluding hydrogens is 200 g/mol. The largest absolute Gasteiger partial charge is 0.297 e. The van der Waals surface area contributed by atoms with Gasteiger partial charge in [-0.25, -0.2) is 0 Å². The highest BCUT2D eigenvalue weighted by atomic mass is 32.1. The lowest BCUT2D eigenvalue weighted by atomic mass is 10.1. The van der Waals surface area contributed by atoms with Gasteiger partial charge >= 0.3 is 0 Å². The van der Waals surface area contributed by atoms with Crippen LogP contribution >= 0.6 is 22.7 Å². The number of hydrogen-bond donors (Lipinski definition) is 0. The summed E-state index contributed by atoms with van der Waals surface area (Å²) in [4.78, 5) is 11.7. The third-order valence-electron chi connectivity index (χ3n) is 2.03. The van der Waals surface area contributed by atoms with Gasteiger partial charge in [-0.3, -0.25) is 4.79 Å². The summed E-state index contributed by atoms with van der Waals surface area (Å²) in [5.41, 5.74) is 1.26. The van der Waals surface area contributed by atoms with Crippen molar-refractivity contribution in [2.24, 2.45) is 0 Å². The Morgan fingerprint density at radius 1 is 1.54 bits per heavy atom. The summed E-state index contributed by atoms with van der Waals surface area (Å²) >= 11 is 3.35. The molecule has 0 aliphatic heterocycles. The smallest absolute Gasteiger partial charge is 0.160 e. The highest BCUT2D eigenvalue weighted by molar-refractivity contribution is 7.28. The van der Waals surface area contributed by atoms with Crippen molar-refractivity contribution in [3.63, 3.8) is 0 Å². The fraction of sp³-hybridized carbons (Fsp3) is 0.300. The zero-order chi connectivity index (χ0) is 9.26. The fourth-order valence-electron chi connectivity index (χ4n) is 1.47. The minimum atomic E-state index is 0.920. The molecule has 0 atom stereocenters. The normalized spacial score (nSPS) is 10.8. The summed E-state index contributed by atoms with van der Waals surface area (Å²) in [6.45, 7) is 2.14. The van der Waals surface area contributed by atoms with Crippen LogP contribution < -0.4 is 0 Å². The number of aldehydes is 1. The maximum atomic E-state index is 10.8. The average molecular weight is 210 g/mol. The van der Waals surface area contributed by atoms with Crippen molar-refractivity contribution in [3.8, 4) is 0 Å². The number of fused-ring (bicyclic) bond motifs is 1. The van der Waals surface area contributed by atoms with E-state index in [1.807, 2.05) is 0 Å². The van der Waals surface area contributed by atoms with Crippen molar-refractivity contribution in [1.29, 1.82) is 0 Å². The van der Waals surface area contributed by atoms with Gasteiger partial charge < -0.3 is 0 Å². The van der Waals surface area contributed by atoms with E-state index in [4.69, 9.17) is 0 Å². The highest BCUT2D eigenvalue weighted by Gasteiger charge is 2.11. The van der Waals surface area contributed by atoms with Gasteiger partial charge in [0.25, 0.3) is 0 Å². The third kappa shape index (κ3) is 1.42. The van der Waals surface area contributed by atoms with E-state index in [1.54, 1.807) is 22.7 Å². The zero-order valence-electron chi connectivity index (χ0n) is 7.37. The molecule has 2 heterocycles. The Balaban J connectivity index is 2.62. The van der Waals surface area contributed by atoms with Crippen LogP contribution in [0, 0.1) is 0 Å². The molecule has 68 valence electrons. The Labute approximate surface area is 85.0 Å². The minimum absolute atomic E-state index is 0.920. The molecule has 0 saturated carbocycles. The summed E-state index contributed by atoms with van der Waals surface area (Å²) in [5, 5.41) is 2.09. The molecule has 0 N–H and O–H groups in total. The first-order chi connectivity index (χ1) is 6.36. The molecule has 0 bridgehead atoms. The van der Waals surface area contributed by atoms with Crippen LogP contribution in [0.25, 0.3) is 9.40 Å². The van der Waals surface area contributed by atoms with Crippen LogP contribution in [0.5, 0.6) is 0 Å². The lowest BCUT2D eigenvalue weighted by Gasteiger charge is -1.94. The maximum absolute atomic E-state index is 10.8. The highest BCUT2D eigenvalue weighted by Crippen LogP contribution is 2.34. The molecule has 0 aliphatic rings. The molecule has 0 saturated heterocycles. The number of rotatable bonds is 3. The van der Waals surface area contributed by atoms with Gasteiger partial charge in [0.2, 0.25) is 0 Å². The summed E-state index contributed by atoms with van der Waals surface area (Å²) in [6, 6.07) is 2.09. The van der Waals surface area contributed by atoms with Crippen LogP contribution in [0.3, 0.4) is 0 Å². The van der Waals surface area contributed by atoms with Crippen molar-refractivity contribution in [1.82, 2.24) is 0 Å². The van der Waals surface area contributed by atoms with Gasteiger partial charge in [-0.1, -0.05) is 13.3 Å². The number of carbonyl (C=O) groups is 1. The average Bonchev–Trinajstić information content (AvgIpc) is 2.67.